The highest BCUT2D eigenvalue weighted by molar-refractivity contribution is 7.19. The number of thiazole rings is 4. The number of nitrogens with zero attached hydrogens (tertiary/aromatic N) is 4. The molecular formula is C63H66N10O10S4. The number of amides is 2. The lowest BCUT2D eigenvalue weighted by molar-refractivity contribution is 0.0600. The van der Waals surface area contributed by atoms with Crippen molar-refractivity contribution in [3.63, 3.8) is 0 Å². The molecule has 0 aliphatic carbocycles. The molecule has 4 aromatic heterocycles. The Balaban J connectivity index is 0.000000170. The van der Waals surface area contributed by atoms with Crippen molar-refractivity contribution in [1.82, 2.24) is 30.6 Å². The molecule has 0 aliphatic heterocycles. The van der Waals surface area contributed by atoms with E-state index in [9.17, 15) is 14.4 Å². The summed E-state index contributed by atoms with van der Waals surface area (Å²) in [5, 5.41) is 20.1. The molecule has 20 nitrogen and oxygen atoms in total. The van der Waals surface area contributed by atoms with Gasteiger partial charge in [-0.2, -0.15) is 0 Å². The second-order valence-corrected chi connectivity index (χ2v) is 22.0. The maximum Gasteiger partial charge on any atom is 0.337 e. The summed E-state index contributed by atoms with van der Waals surface area (Å²) in [6.07, 6.45) is 7.14. The molecule has 0 spiro atoms. The Labute approximate surface area is 520 Å². The fourth-order valence-electron chi connectivity index (χ4n) is 7.97. The lowest BCUT2D eigenvalue weighted by Gasteiger charge is -2.10. The number of ether oxygens (including phenoxy) is 7. The van der Waals surface area contributed by atoms with Gasteiger partial charge in [0.2, 0.25) is 0 Å². The number of aromatic nitrogens is 4. The Morgan fingerprint density at radius 3 is 1.13 bits per heavy atom. The van der Waals surface area contributed by atoms with Crippen LogP contribution in [0, 0.1) is 0 Å². The largest absolute Gasteiger partial charge is 0.497 e. The zero-order chi connectivity index (χ0) is 62.1. The van der Waals surface area contributed by atoms with Crippen LogP contribution in [0.3, 0.4) is 0 Å². The van der Waals surface area contributed by atoms with Crippen LogP contribution in [0.25, 0.3) is 31.3 Å². The summed E-state index contributed by atoms with van der Waals surface area (Å²) in [5.41, 5.74) is 13.5. The minimum Gasteiger partial charge on any atom is -0.497 e. The predicted octanol–water partition coefficient (Wildman–Crippen LogP) is 12.5. The van der Waals surface area contributed by atoms with Crippen LogP contribution in [0.1, 0.15) is 47.8 Å². The van der Waals surface area contributed by atoms with E-state index in [-0.39, 0.29) is 17.8 Å². The fourth-order valence-corrected chi connectivity index (χ4v) is 10.8. The summed E-state index contributed by atoms with van der Waals surface area (Å²) < 4.78 is 36.5. The number of methoxy groups -OCH3 is 7. The number of carbonyl (C=O) groups excluding carboxylic acids is 3. The van der Waals surface area contributed by atoms with Gasteiger partial charge in [0.05, 0.1) is 70.0 Å². The number of nitrogen functional groups attached to an aromatic ring is 1. The van der Waals surface area contributed by atoms with Gasteiger partial charge in [0.25, 0.3) is 11.8 Å². The summed E-state index contributed by atoms with van der Waals surface area (Å²) in [4.78, 5) is 54.5. The van der Waals surface area contributed by atoms with Gasteiger partial charge in [0.1, 0.15) is 34.5 Å². The molecule has 4 heterocycles. The number of hydrogen-bond acceptors (Lipinski definition) is 22. The van der Waals surface area contributed by atoms with E-state index in [0.29, 0.717) is 41.5 Å². The molecule has 0 saturated heterocycles. The predicted molar refractivity (Wildman–Crippen MR) is 348 cm³/mol. The summed E-state index contributed by atoms with van der Waals surface area (Å²) in [6.45, 7) is 1.86. The van der Waals surface area contributed by atoms with Gasteiger partial charge in [-0.1, -0.05) is 70.4 Å². The van der Waals surface area contributed by atoms with Crippen molar-refractivity contribution in [3.8, 4) is 65.8 Å². The SMILES string of the molecule is CNC(=O)c1ccc(-c2cnc(N)s2)cc1.CNC(=O)c1ccc(-c2cnc(NCc3ccc(OC)cc3OC)s2)cc1.COC(=O)c1ccc(-c2cnc(NCc3ccc(OC)cc3OC)s2)cc1.COc1ccc(CNc2nccs2)c(OC)c1. The second-order valence-electron chi connectivity index (χ2n) is 17.9. The Kier molecular flexibility index (Phi) is 24.6. The van der Waals surface area contributed by atoms with E-state index in [1.54, 1.807) is 127 Å². The van der Waals surface area contributed by atoms with Gasteiger partial charge < -0.3 is 65.5 Å². The average molecular weight is 1250 g/mol. The standard InChI is InChI=1S/C20H21N3O3S.C20H20N2O4S.C12H14N2O2S.C11H11N3OS/c1-21-19(24)14-6-4-13(5-7-14)18-12-23-20(27-18)22-11-15-8-9-16(25-2)10-17(15)26-3;1-24-16-9-8-15(17(10-16)25-2)11-21-20-22-12-18(27-20)13-4-6-14(7-5-13)19(23)26-3;1-15-10-4-3-9(11(7-10)16-2)8-14-12-13-5-6-17-12;1-13-10(15)8-4-2-7(3-5-8)9-6-14-11(12)16-9/h4-10,12H,11H2,1-3H3,(H,21,24)(H,22,23);4-10,12H,11H2,1-3H3,(H,21,22);3-7H,8H2,1-2H3,(H,13,14);2-6H,1H3,(H2,12,14)(H,13,15). The van der Waals surface area contributed by atoms with Gasteiger partial charge in [-0.25, -0.2) is 24.7 Å². The third kappa shape index (κ3) is 18.6. The van der Waals surface area contributed by atoms with Crippen molar-refractivity contribution in [1.29, 1.82) is 0 Å². The molecule has 0 radical (unpaired) electrons. The molecule has 0 aliphatic rings. The van der Waals surface area contributed by atoms with Crippen molar-refractivity contribution in [2.24, 2.45) is 0 Å². The topological polar surface area (TPSA) is 254 Å². The lowest BCUT2D eigenvalue weighted by atomic mass is 10.1. The first-order valence-electron chi connectivity index (χ1n) is 26.5. The molecule has 24 heteroatoms. The molecule has 6 aromatic carbocycles. The van der Waals surface area contributed by atoms with Gasteiger partial charge in [-0.3, -0.25) is 9.59 Å². The summed E-state index contributed by atoms with van der Waals surface area (Å²) in [6, 6.07) is 39.3. The van der Waals surface area contributed by atoms with Crippen LogP contribution in [0.2, 0.25) is 0 Å². The smallest absolute Gasteiger partial charge is 0.337 e. The Hall–Kier alpha value is -9.75. The van der Waals surface area contributed by atoms with E-state index in [1.165, 1.54) is 18.4 Å². The quantitative estimate of drug-likeness (QED) is 0.0366. The maximum atomic E-state index is 11.6. The van der Waals surface area contributed by atoms with Crippen LogP contribution in [-0.4, -0.2) is 102 Å². The highest BCUT2D eigenvalue weighted by atomic mass is 32.1. The maximum absolute atomic E-state index is 11.6. The van der Waals surface area contributed by atoms with Crippen molar-refractivity contribution >= 4 is 83.7 Å². The minimum absolute atomic E-state index is 0.0876. The van der Waals surface area contributed by atoms with E-state index in [0.717, 1.165) is 97.9 Å². The van der Waals surface area contributed by atoms with Crippen molar-refractivity contribution < 1.29 is 47.5 Å². The number of esters is 1. The summed E-state index contributed by atoms with van der Waals surface area (Å²) in [7, 11) is 14.4. The number of hydrogen-bond donors (Lipinski definition) is 6. The normalized spacial score (nSPS) is 10.2. The fraction of sp³-hybridized carbons (Fsp3) is 0.190. The number of anilines is 4. The number of carbonyl (C=O) groups is 3. The number of rotatable bonds is 21. The molecule has 2 amide bonds. The van der Waals surface area contributed by atoms with Crippen LogP contribution in [0.15, 0.2) is 158 Å². The van der Waals surface area contributed by atoms with E-state index in [1.807, 2.05) is 121 Å². The number of nitrogens with one attached hydrogen (secondary N) is 5. The van der Waals surface area contributed by atoms with Crippen LogP contribution < -0.4 is 60.7 Å². The molecule has 10 rings (SSSR count). The first-order valence-corrected chi connectivity index (χ1v) is 29.9. The van der Waals surface area contributed by atoms with Gasteiger partial charge in [0, 0.05) is 110 Å². The molecule has 452 valence electrons. The minimum atomic E-state index is -0.346. The summed E-state index contributed by atoms with van der Waals surface area (Å²) >= 11 is 6.10. The highest BCUT2D eigenvalue weighted by Gasteiger charge is 2.13. The molecule has 0 fully saturated rings. The molecular weight excluding hydrogens is 1190 g/mol. The lowest BCUT2D eigenvalue weighted by Crippen LogP contribution is -2.17. The van der Waals surface area contributed by atoms with Crippen molar-refractivity contribution in [2.75, 3.05) is 85.5 Å². The molecule has 0 unspecified atom stereocenters. The van der Waals surface area contributed by atoms with E-state index in [4.69, 9.17) is 38.9 Å². The second kappa shape index (κ2) is 33.1. The molecule has 87 heavy (non-hydrogen) atoms. The summed E-state index contributed by atoms with van der Waals surface area (Å²) in [5.74, 6) is 4.11. The first kappa shape index (κ1) is 64.8. The van der Waals surface area contributed by atoms with Crippen LogP contribution >= 0.6 is 45.3 Å². The van der Waals surface area contributed by atoms with Crippen LogP contribution in [0.4, 0.5) is 20.5 Å². The third-order valence-corrected chi connectivity index (χ3v) is 16.3. The monoisotopic (exact) mass is 1250 g/mol. The number of nitrogens with two attached hydrogens (primary N) is 1. The number of benzene rings is 6. The highest BCUT2D eigenvalue weighted by Crippen LogP contribution is 2.34. The van der Waals surface area contributed by atoms with Gasteiger partial charge >= 0.3 is 5.97 Å². The molecule has 10 aromatic rings. The zero-order valence-electron chi connectivity index (χ0n) is 49.2. The van der Waals surface area contributed by atoms with Gasteiger partial charge in [-0.15, -0.1) is 11.3 Å². The average Bonchev–Trinajstić information content (AvgIpc) is 4.65. The van der Waals surface area contributed by atoms with Crippen molar-refractivity contribution in [3.05, 3.63) is 191 Å². The molecule has 7 N–H and O–H groups in total. The van der Waals surface area contributed by atoms with Crippen molar-refractivity contribution in [2.45, 2.75) is 19.6 Å². The molecule has 0 atom stereocenters. The molecule has 0 bridgehead atoms. The Bertz CT molecular complexity index is 3630. The Morgan fingerprint density at radius 2 is 0.805 bits per heavy atom. The van der Waals surface area contributed by atoms with Gasteiger partial charge in [0.15, 0.2) is 20.5 Å². The zero-order valence-corrected chi connectivity index (χ0v) is 52.5. The first-order chi connectivity index (χ1) is 42.3. The molecule has 0 saturated carbocycles. The van der Waals surface area contributed by atoms with Gasteiger partial charge in [-0.05, 0) is 89.5 Å². The third-order valence-electron chi connectivity index (χ3n) is 12.6. The van der Waals surface area contributed by atoms with E-state index < -0.39 is 0 Å². The Morgan fingerprint density at radius 1 is 0.437 bits per heavy atom. The van der Waals surface area contributed by atoms with E-state index >= 15 is 0 Å². The van der Waals surface area contributed by atoms with Crippen LogP contribution in [-0.2, 0) is 24.4 Å². The van der Waals surface area contributed by atoms with E-state index in [2.05, 4.69) is 46.5 Å². The van der Waals surface area contributed by atoms with Crippen LogP contribution in [0.5, 0.6) is 34.5 Å².